The molecule has 0 fully saturated rings. The van der Waals surface area contributed by atoms with Crippen LogP contribution in [0.5, 0.6) is 0 Å². The Balaban J connectivity index is 1.81. The first-order valence-electron chi connectivity index (χ1n) is 10.4. The molecule has 2 aromatic heterocycles. The molecular weight excluding hydrogens is 499 g/mol. The summed E-state index contributed by atoms with van der Waals surface area (Å²) in [7, 11) is -2.93. The molecule has 2 aromatic carbocycles. The van der Waals surface area contributed by atoms with Gasteiger partial charge in [0.15, 0.2) is 0 Å². The Kier molecular flexibility index (Phi) is 6.77. The van der Waals surface area contributed by atoms with Crippen LogP contribution < -0.4 is 10.0 Å². The van der Waals surface area contributed by atoms with Crippen molar-refractivity contribution in [3.8, 4) is 21.8 Å². The highest BCUT2D eigenvalue weighted by Crippen LogP contribution is 2.39. The highest BCUT2D eigenvalue weighted by molar-refractivity contribution is 7.92. The highest BCUT2D eigenvalue weighted by atomic mass is 32.2. The summed E-state index contributed by atoms with van der Waals surface area (Å²) in [4.78, 5) is 13.0. The number of hydrogen-bond acceptors (Lipinski definition) is 7. The minimum Gasteiger partial charge on any atom is -0.357 e. The van der Waals surface area contributed by atoms with Gasteiger partial charge in [0, 0.05) is 24.7 Å². The van der Waals surface area contributed by atoms with Crippen molar-refractivity contribution < 1.29 is 21.6 Å². The molecule has 0 aliphatic heterocycles. The van der Waals surface area contributed by atoms with Crippen molar-refractivity contribution in [1.82, 2.24) is 15.0 Å². The standard InChI is InChI=1S/C23H20F3N5O2S2/c1-12(2)22-30-20(21(34-22)17-8-9-28-23(27-3)29-17)13-4-6-15(25)18(10-13)31-35(32,33)19-11-14(24)5-7-16(19)26/h4-12,31H,1-3H3,(H,27,28,29). The van der Waals surface area contributed by atoms with Gasteiger partial charge in [0.1, 0.15) is 22.3 Å². The third-order valence-corrected chi connectivity index (χ3v) is 7.68. The quantitative estimate of drug-likeness (QED) is 0.328. The van der Waals surface area contributed by atoms with E-state index in [9.17, 15) is 21.6 Å². The summed E-state index contributed by atoms with van der Waals surface area (Å²) >= 11 is 1.41. The van der Waals surface area contributed by atoms with Crippen molar-refractivity contribution in [1.29, 1.82) is 0 Å². The summed E-state index contributed by atoms with van der Waals surface area (Å²) in [6, 6.07) is 7.51. The number of aromatic nitrogens is 3. The predicted octanol–water partition coefficient (Wildman–Crippen LogP) is 5.65. The van der Waals surface area contributed by atoms with Crippen LogP contribution in [0.1, 0.15) is 24.8 Å². The molecule has 182 valence electrons. The molecule has 0 aliphatic carbocycles. The molecule has 35 heavy (non-hydrogen) atoms. The van der Waals surface area contributed by atoms with Crippen molar-refractivity contribution in [2.45, 2.75) is 24.7 Å². The first-order valence-corrected chi connectivity index (χ1v) is 12.7. The smallest absolute Gasteiger partial charge is 0.265 e. The Morgan fingerprint density at radius 3 is 2.43 bits per heavy atom. The highest BCUT2D eigenvalue weighted by Gasteiger charge is 2.23. The summed E-state index contributed by atoms with van der Waals surface area (Å²) in [5, 5.41) is 3.67. The predicted molar refractivity (Wildman–Crippen MR) is 129 cm³/mol. The van der Waals surface area contributed by atoms with Crippen LogP contribution in [0.15, 0.2) is 53.6 Å². The second-order valence-electron chi connectivity index (χ2n) is 7.77. The summed E-state index contributed by atoms with van der Waals surface area (Å²) in [5.74, 6) is -2.51. The third-order valence-electron chi connectivity index (χ3n) is 4.92. The number of halogens is 3. The maximum atomic E-state index is 14.6. The van der Waals surface area contributed by atoms with Gasteiger partial charge in [-0.3, -0.25) is 4.72 Å². The Bertz CT molecular complexity index is 1510. The molecular formula is C23H20F3N5O2S2. The Hall–Kier alpha value is -3.51. The van der Waals surface area contributed by atoms with Crippen LogP contribution in [0.3, 0.4) is 0 Å². The average Bonchev–Trinajstić information content (AvgIpc) is 3.28. The van der Waals surface area contributed by atoms with Crippen LogP contribution in [0, 0.1) is 17.5 Å². The Morgan fingerprint density at radius 2 is 1.71 bits per heavy atom. The van der Waals surface area contributed by atoms with Crippen LogP contribution in [0.4, 0.5) is 24.8 Å². The summed E-state index contributed by atoms with van der Waals surface area (Å²) < 4.78 is 69.7. The zero-order valence-electron chi connectivity index (χ0n) is 18.8. The topological polar surface area (TPSA) is 96.9 Å². The molecule has 0 bridgehead atoms. The normalized spacial score (nSPS) is 11.6. The van der Waals surface area contributed by atoms with Gasteiger partial charge in [-0.2, -0.15) is 0 Å². The van der Waals surface area contributed by atoms with Crippen molar-refractivity contribution in [2.24, 2.45) is 0 Å². The molecule has 0 aliphatic rings. The fourth-order valence-electron chi connectivity index (χ4n) is 3.19. The van der Waals surface area contributed by atoms with Crippen molar-refractivity contribution in [3.63, 3.8) is 0 Å². The SMILES string of the molecule is CNc1nccc(-c2sc(C(C)C)nc2-c2ccc(F)c(NS(=O)(=O)c3cc(F)ccc3F)c2)n1. The number of anilines is 2. The maximum Gasteiger partial charge on any atom is 0.265 e. The molecule has 0 amide bonds. The lowest BCUT2D eigenvalue weighted by Crippen LogP contribution is -2.16. The minimum absolute atomic E-state index is 0.0903. The number of benzene rings is 2. The van der Waals surface area contributed by atoms with E-state index >= 15 is 0 Å². The van der Waals surface area contributed by atoms with E-state index in [-0.39, 0.29) is 5.92 Å². The van der Waals surface area contributed by atoms with Crippen molar-refractivity contribution in [3.05, 3.63) is 71.1 Å². The molecule has 0 atom stereocenters. The monoisotopic (exact) mass is 519 g/mol. The molecule has 0 unspecified atom stereocenters. The molecule has 0 saturated heterocycles. The lowest BCUT2D eigenvalue weighted by atomic mass is 10.1. The molecule has 0 radical (unpaired) electrons. The largest absolute Gasteiger partial charge is 0.357 e. The molecule has 0 spiro atoms. The van der Waals surface area contributed by atoms with Gasteiger partial charge in [0.25, 0.3) is 10.0 Å². The van der Waals surface area contributed by atoms with Crippen LogP contribution >= 0.6 is 11.3 Å². The number of nitrogens with one attached hydrogen (secondary N) is 2. The van der Waals surface area contributed by atoms with Crippen LogP contribution in [0.25, 0.3) is 21.8 Å². The van der Waals surface area contributed by atoms with Gasteiger partial charge in [-0.25, -0.2) is 36.5 Å². The molecule has 0 saturated carbocycles. The molecule has 7 nitrogen and oxygen atoms in total. The number of hydrogen-bond donors (Lipinski definition) is 2. The minimum atomic E-state index is -4.62. The third kappa shape index (κ3) is 5.13. The second-order valence-corrected chi connectivity index (χ2v) is 10.5. The fourth-order valence-corrected chi connectivity index (χ4v) is 5.40. The summed E-state index contributed by atoms with van der Waals surface area (Å²) in [6.45, 7) is 3.95. The second kappa shape index (κ2) is 9.62. The van der Waals surface area contributed by atoms with E-state index in [1.807, 2.05) is 18.6 Å². The van der Waals surface area contributed by atoms with Gasteiger partial charge in [0.05, 0.1) is 27.0 Å². The first-order chi connectivity index (χ1) is 16.6. The molecule has 4 aromatic rings. The van der Waals surface area contributed by atoms with Gasteiger partial charge in [-0.15, -0.1) is 11.3 Å². The number of rotatable bonds is 7. The fraction of sp³-hybridized carbons (Fsp3) is 0.174. The van der Waals surface area contributed by atoms with Crippen LogP contribution in [0.2, 0.25) is 0 Å². The Labute approximate surface area is 204 Å². The lowest BCUT2D eigenvalue weighted by Gasteiger charge is -2.11. The zero-order valence-corrected chi connectivity index (χ0v) is 20.4. The number of thiazole rings is 1. The number of nitrogens with zero attached hydrogens (tertiary/aromatic N) is 3. The van der Waals surface area contributed by atoms with Gasteiger partial charge < -0.3 is 5.32 Å². The molecule has 2 N–H and O–H groups in total. The van der Waals surface area contributed by atoms with Crippen molar-refractivity contribution >= 4 is 33.0 Å². The summed E-state index contributed by atoms with van der Waals surface area (Å²) in [6.07, 6.45) is 1.59. The van der Waals surface area contributed by atoms with E-state index in [0.29, 0.717) is 39.9 Å². The van der Waals surface area contributed by atoms with E-state index in [1.165, 1.54) is 23.5 Å². The molecule has 12 heteroatoms. The van der Waals surface area contributed by atoms with E-state index in [2.05, 4.69) is 15.3 Å². The average molecular weight is 520 g/mol. The zero-order chi connectivity index (χ0) is 25.3. The van der Waals surface area contributed by atoms with Crippen molar-refractivity contribution in [2.75, 3.05) is 17.1 Å². The maximum absolute atomic E-state index is 14.6. The lowest BCUT2D eigenvalue weighted by molar-refractivity contribution is 0.555. The Morgan fingerprint density at radius 1 is 0.971 bits per heavy atom. The van der Waals surface area contributed by atoms with E-state index in [1.54, 1.807) is 19.3 Å². The van der Waals surface area contributed by atoms with Gasteiger partial charge in [0.2, 0.25) is 5.95 Å². The van der Waals surface area contributed by atoms with E-state index in [0.717, 1.165) is 17.1 Å². The van der Waals surface area contributed by atoms with Gasteiger partial charge >= 0.3 is 0 Å². The first kappa shape index (κ1) is 24.6. The molecule has 2 heterocycles. The van der Waals surface area contributed by atoms with Gasteiger partial charge in [-0.05, 0) is 42.5 Å². The molecule has 4 rings (SSSR count). The van der Waals surface area contributed by atoms with Crippen LogP contribution in [-0.2, 0) is 10.0 Å². The number of sulfonamides is 1. The van der Waals surface area contributed by atoms with E-state index < -0.39 is 38.1 Å². The van der Waals surface area contributed by atoms with Gasteiger partial charge in [-0.1, -0.05) is 13.8 Å². The summed E-state index contributed by atoms with van der Waals surface area (Å²) in [5.41, 5.74) is 1.02. The van der Waals surface area contributed by atoms with Crippen LogP contribution in [-0.4, -0.2) is 30.4 Å². The van der Waals surface area contributed by atoms with E-state index in [4.69, 9.17) is 4.98 Å².